The van der Waals surface area contributed by atoms with Crippen molar-refractivity contribution in [3.8, 4) is 5.75 Å². The Labute approximate surface area is 186 Å². The van der Waals surface area contributed by atoms with E-state index in [9.17, 15) is 4.79 Å². The quantitative estimate of drug-likeness (QED) is 0.420. The maximum absolute atomic E-state index is 12.3. The van der Waals surface area contributed by atoms with Gasteiger partial charge in [0.25, 0.3) is 5.91 Å². The number of amides is 1. The van der Waals surface area contributed by atoms with E-state index in [0.29, 0.717) is 39.9 Å². The van der Waals surface area contributed by atoms with Gasteiger partial charge in [0.15, 0.2) is 5.96 Å². The van der Waals surface area contributed by atoms with E-state index in [0.717, 1.165) is 24.2 Å². The predicted octanol–water partition coefficient (Wildman–Crippen LogP) is 4.14. The number of benzene rings is 2. The highest BCUT2D eigenvalue weighted by Gasteiger charge is 2.22. The number of carbonyl (C=O) groups is 1. The fourth-order valence-corrected chi connectivity index (χ4v) is 2.88. The number of hydrogen-bond acceptors (Lipinski definition) is 3. The summed E-state index contributed by atoms with van der Waals surface area (Å²) in [5.74, 6) is 1.19. The van der Waals surface area contributed by atoms with E-state index < -0.39 is 0 Å². The molecule has 1 aliphatic carbocycles. The van der Waals surface area contributed by atoms with Crippen LogP contribution in [0.4, 0.5) is 0 Å². The fraction of sp³-hybridized carbons (Fsp3) is 0.273. The zero-order chi connectivity index (χ0) is 21.5. The first kappa shape index (κ1) is 22.0. The number of carbonyl (C=O) groups excluding carboxylic acids is 1. The van der Waals surface area contributed by atoms with Gasteiger partial charge in [0.1, 0.15) is 5.75 Å². The molecule has 1 fully saturated rings. The van der Waals surface area contributed by atoms with Gasteiger partial charge in [-0.25, -0.2) is 4.99 Å². The second-order valence-electron chi connectivity index (χ2n) is 6.97. The van der Waals surface area contributed by atoms with Gasteiger partial charge in [-0.15, -0.1) is 0 Å². The van der Waals surface area contributed by atoms with Crippen LogP contribution >= 0.6 is 23.2 Å². The van der Waals surface area contributed by atoms with Crippen LogP contribution in [0.15, 0.2) is 59.7 Å². The van der Waals surface area contributed by atoms with Crippen molar-refractivity contribution in [2.24, 2.45) is 4.99 Å². The fourth-order valence-electron chi connectivity index (χ4n) is 2.58. The number of halogens is 2. The zero-order valence-corrected chi connectivity index (χ0v) is 18.2. The number of ether oxygens (including phenoxy) is 1. The first-order valence-electron chi connectivity index (χ1n) is 9.56. The van der Waals surface area contributed by atoms with Crippen LogP contribution in [0.2, 0.25) is 10.0 Å². The molecule has 30 heavy (non-hydrogen) atoms. The van der Waals surface area contributed by atoms with Gasteiger partial charge in [-0.05, 0) is 48.7 Å². The molecule has 0 radical (unpaired) electrons. The molecule has 0 atom stereocenters. The van der Waals surface area contributed by atoms with Gasteiger partial charge in [0.05, 0.1) is 30.2 Å². The molecule has 3 N–H and O–H groups in total. The molecule has 1 saturated carbocycles. The summed E-state index contributed by atoms with van der Waals surface area (Å²) < 4.78 is 5.18. The molecule has 3 rings (SSSR count). The number of nitrogens with one attached hydrogen (secondary N) is 3. The van der Waals surface area contributed by atoms with Gasteiger partial charge >= 0.3 is 0 Å². The first-order chi connectivity index (χ1) is 14.4. The standard InChI is InChI=1S/C22H24Cl2N4O2/c1-14(12-25-21(29)16-5-10-19(23)20(24)11-16)27-22(28-17-6-7-17)26-13-15-3-8-18(30-2)9-4-15/h3-5,8-11,17H,1,6-7,12-13H2,2H3,(H,25,29)(H2,26,27,28). The van der Waals surface area contributed by atoms with Crippen molar-refractivity contribution >= 4 is 35.1 Å². The minimum Gasteiger partial charge on any atom is -0.497 e. The van der Waals surface area contributed by atoms with Crippen molar-refractivity contribution in [2.75, 3.05) is 13.7 Å². The van der Waals surface area contributed by atoms with Crippen molar-refractivity contribution in [1.82, 2.24) is 16.0 Å². The Morgan fingerprint density at radius 3 is 2.53 bits per heavy atom. The van der Waals surface area contributed by atoms with E-state index in [1.165, 1.54) is 6.07 Å². The number of nitrogens with zero attached hydrogens (tertiary/aromatic N) is 1. The summed E-state index contributed by atoms with van der Waals surface area (Å²) in [6, 6.07) is 12.9. The van der Waals surface area contributed by atoms with Crippen LogP contribution in [0.5, 0.6) is 5.75 Å². The van der Waals surface area contributed by atoms with E-state index in [4.69, 9.17) is 27.9 Å². The minimum atomic E-state index is -0.261. The summed E-state index contributed by atoms with van der Waals surface area (Å²) in [6.07, 6.45) is 2.23. The molecule has 0 aromatic heterocycles. The van der Waals surface area contributed by atoms with Crippen molar-refractivity contribution in [2.45, 2.75) is 25.4 Å². The smallest absolute Gasteiger partial charge is 0.251 e. The Kier molecular flexibility index (Phi) is 7.60. The summed E-state index contributed by atoms with van der Waals surface area (Å²) in [5, 5.41) is 10.1. The molecule has 2 aromatic carbocycles. The van der Waals surface area contributed by atoms with Crippen LogP contribution < -0.4 is 20.7 Å². The number of aliphatic imine (C=N–C) groups is 1. The Hall–Kier alpha value is -2.70. The maximum atomic E-state index is 12.3. The van der Waals surface area contributed by atoms with E-state index in [1.54, 1.807) is 19.2 Å². The average molecular weight is 447 g/mol. The normalized spacial score (nSPS) is 13.5. The lowest BCUT2D eigenvalue weighted by Gasteiger charge is -2.15. The van der Waals surface area contributed by atoms with Crippen LogP contribution in [0, 0.1) is 0 Å². The van der Waals surface area contributed by atoms with Crippen molar-refractivity contribution in [3.63, 3.8) is 0 Å². The van der Waals surface area contributed by atoms with E-state index >= 15 is 0 Å². The van der Waals surface area contributed by atoms with Crippen LogP contribution in [0.1, 0.15) is 28.8 Å². The third kappa shape index (κ3) is 6.68. The van der Waals surface area contributed by atoms with Crippen molar-refractivity contribution < 1.29 is 9.53 Å². The summed E-state index contributed by atoms with van der Waals surface area (Å²) >= 11 is 11.9. The van der Waals surface area contributed by atoms with E-state index in [1.807, 2.05) is 24.3 Å². The lowest BCUT2D eigenvalue weighted by atomic mass is 10.2. The summed E-state index contributed by atoms with van der Waals surface area (Å²) in [6.45, 7) is 4.74. The third-order valence-corrected chi connectivity index (χ3v) is 5.18. The number of hydrogen-bond donors (Lipinski definition) is 3. The van der Waals surface area contributed by atoms with Crippen molar-refractivity contribution in [1.29, 1.82) is 0 Å². The summed E-state index contributed by atoms with van der Waals surface area (Å²) in [4.78, 5) is 16.9. The Morgan fingerprint density at radius 2 is 1.90 bits per heavy atom. The molecule has 0 spiro atoms. The van der Waals surface area contributed by atoms with Gasteiger partial charge in [-0.3, -0.25) is 4.79 Å². The molecule has 158 valence electrons. The second kappa shape index (κ2) is 10.4. The zero-order valence-electron chi connectivity index (χ0n) is 16.7. The molecule has 1 amide bonds. The van der Waals surface area contributed by atoms with Gasteiger partial charge in [0.2, 0.25) is 0 Å². The molecule has 6 nitrogen and oxygen atoms in total. The van der Waals surface area contributed by atoms with Crippen LogP contribution in [0.3, 0.4) is 0 Å². The monoisotopic (exact) mass is 446 g/mol. The Bertz CT molecular complexity index is 941. The maximum Gasteiger partial charge on any atom is 0.251 e. The topological polar surface area (TPSA) is 74.8 Å². The predicted molar refractivity (Wildman–Crippen MR) is 121 cm³/mol. The molecule has 0 heterocycles. The molecule has 2 aromatic rings. The van der Waals surface area contributed by atoms with Crippen molar-refractivity contribution in [3.05, 3.63) is 75.9 Å². The van der Waals surface area contributed by atoms with Gasteiger partial charge in [-0.1, -0.05) is 41.9 Å². The van der Waals surface area contributed by atoms with Gasteiger partial charge in [0, 0.05) is 17.3 Å². The molecule has 0 saturated heterocycles. The third-order valence-electron chi connectivity index (χ3n) is 4.44. The van der Waals surface area contributed by atoms with Crippen LogP contribution in [-0.4, -0.2) is 31.6 Å². The molecule has 1 aliphatic rings. The highest BCUT2D eigenvalue weighted by Crippen LogP contribution is 2.22. The highest BCUT2D eigenvalue weighted by molar-refractivity contribution is 6.42. The van der Waals surface area contributed by atoms with Gasteiger partial charge in [-0.2, -0.15) is 0 Å². The average Bonchev–Trinajstić information content (AvgIpc) is 3.56. The summed E-state index contributed by atoms with van der Waals surface area (Å²) in [5.41, 5.74) is 2.11. The first-order valence-corrected chi connectivity index (χ1v) is 10.3. The molecule has 0 aliphatic heterocycles. The Balaban J connectivity index is 1.54. The molecule has 8 heteroatoms. The molecular weight excluding hydrogens is 423 g/mol. The molecular formula is C22H24Cl2N4O2. The van der Waals surface area contributed by atoms with Gasteiger partial charge < -0.3 is 20.7 Å². The van der Waals surface area contributed by atoms with E-state index in [2.05, 4.69) is 27.5 Å². The number of rotatable bonds is 8. The SMILES string of the molecule is C=C(CNC(=O)c1ccc(Cl)c(Cl)c1)NC(=NCc1ccc(OC)cc1)NC1CC1. The molecule has 0 unspecified atom stereocenters. The van der Waals surface area contributed by atoms with Crippen LogP contribution in [0.25, 0.3) is 0 Å². The highest BCUT2D eigenvalue weighted by atomic mass is 35.5. The lowest BCUT2D eigenvalue weighted by molar-refractivity contribution is 0.0956. The lowest BCUT2D eigenvalue weighted by Crippen LogP contribution is -2.40. The molecule has 0 bridgehead atoms. The second-order valence-corrected chi connectivity index (χ2v) is 7.79. The number of methoxy groups -OCH3 is 1. The number of guanidine groups is 1. The van der Waals surface area contributed by atoms with E-state index in [-0.39, 0.29) is 12.5 Å². The summed E-state index contributed by atoms with van der Waals surface area (Å²) in [7, 11) is 1.64. The largest absolute Gasteiger partial charge is 0.497 e. The Morgan fingerprint density at radius 1 is 1.17 bits per heavy atom. The minimum absolute atomic E-state index is 0.243. The van der Waals surface area contributed by atoms with Crippen LogP contribution in [-0.2, 0) is 6.54 Å².